The highest BCUT2D eigenvalue weighted by Crippen LogP contribution is 2.38. The van der Waals surface area contributed by atoms with Gasteiger partial charge in [0.1, 0.15) is 11.5 Å². The van der Waals surface area contributed by atoms with Gasteiger partial charge in [0.25, 0.3) is 17.3 Å². The topological polar surface area (TPSA) is 212 Å². The van der Waals surface area contributed by atoms with E-state index in [1.807, 2.05) is 24.8 Å². The first-order valence-corrected chi connectivity index (χ1v) is 24.0. The van der Waals surface area contributed by atoms with Crippen LogP contribution in [0.5, 0.6) is 11.5 Å². The third-order valence-corrected chi connectivity index (χ3v) is 14.4. The van der Waals surface area contributed by atoms with Gasteiger partial charge in [-0.3, -0.25) is 25.0 Å². The first-order valence-electron chi connectivity index (χ1n) is 21.0. The molecule has 1 heterocycles. The molecule has 1 N–H and O–H groups in total. The molecule has 67 heavy (non-hydrogen) atoms. The Morgan fingerprint density at radius 1 is 0.836 bits per heavy atom. The lowest BCUT2D eigenvalue weighted by molar-refractivity contribution is -0.387. The van der Waals surface area contributed by atoms with Gasteiger partial charge in [-0.05, 0) is 86.0 Å². The van der Waals surface area contributed by atoms with E-state index in [2.05, 4.69) is 4.72 Å². The third kappa shape index (κ3) is 11.3. The molecule has 6 rings (SSSR count). The van der Waals surface area contributed by atoms with Crippen molar-refractivity contribution in [1.29, 1.82) is 0 Å². The van der Waals surface area contributed by atoms with Gasteiger partial charge in [-0.15, -0.1) is 0 Å². The van der Waals surface area contributed by atoms with Crippen molar-refractivity contribution in [2.24, 2.45) is 0 Å². The lowest BCUT2D eigenvalue weighted by Crippen LogP contribution is -2.55. The molecular formula is C45H47F3N6O11S2. The Morgan fingerprint density at radius 3 is 2.18 bits per heavy atom. The highest BCUT2D eigenvalue weighted by Gasteiger charge is 2.39. The molecule has 0 aromatic heterocycles. The summed E-state index contributed by atoms with van der Waals surface area (Å²) in [7, 11) is -9.19. The zero-order chi connectivity index (χ0) is 48.7. The Labute approximate surface area is 385 Å². The average molecular weight is 969 g/mol. The van der Waals surface area contributed by atoms with E-state index in [-0.39, 0.29) is 42.6 Å². The maximum Gasteiger partial charge on any atom is 0.417 e. The molecule has 5 aromatic rings. The molecule has 0 spiro atoms. The number of nitrogens with zero attached hydrogens (tertiary/aromatic N) is 5. The van der Waals surface area contributed by atoms with Crippen LogP contribution in [0.3, 0.4) is 0 Å². The minimum absolute atomic E-state index is 0.00752. The van der Waals surface area contributed by atoms with Gasteiger partial charge in [0.05, 0.1) is 39.1 Å². The molecule has 356 valence electrons. The molecule has 0 radical (unpaired) electrons. The van der Waals surface area contributed by atoms with E-state index in [4.69, 9.17) is 9.47 Å². The highest BCUT2D eigenvalue weighted by atomic mass is 32.2. The number of anilines is 1. The predicted molar refractivity (Wildman–Crippen MR) is 242 cm³/mol. The second-order valence-corrected chi connectivity index (χ2v) is 18.8. The fraction of sp³-hybridized carbons (Fsp3) is 0.311. The van der Waals surface area contributed by atoms with Crippen LogP contribution in [-0.2, 0) is 32.8 Å². The number of alkyl halides is 3. The van der Waals surface area contributed by atoms with Crippen LogP contribution in [0.2, 0.25) is 0 Å². The van der Waals surface area contributed by atoms with Crippen molar-refractivity contribution in [3.05, 3.63) is 146 Å². The van der Waals surface area contributed by atoms with E-state index < -0.39 is 89.4 Å². The quantitative estimate of drug-likeness (QED) is 0.0618. The van der Waals surface area contributed by atoms with Crippen LogP contribution >= 0.6 is 0 Å². The maximum absolute atomic E-state index is 14.6. The normalized spacial score (nSPS) is 14.5. The SMILES string of the molecule is CCOc1ccc(C(=O)N2CCN(c3ccc(-c4ccccc4OCC)cc3CN(CCNS(=O)(=O)c3ccccc3[N+](=O)[O-])S(=O)(=O)c3ccc([N+](=O)[O-])cc3)[C@H](CC)C2)c(C(F)(F)F)c1. The summed E-state index contributed by atoms with van der Waals surface area (Å²) < 4.78 is 114. The number of amides is 1. The number of benzene rings is 5. The number of nitro groups is 2. The Bertz CT molecular complexity index is 2850. The van der Waals surface area contributed by atoms with Gasteiger partial charge in [0.15, 0.2) is 4.90 Å². The molecule has 1 aliphatic rings. The molecule has 0 aliphatic carbocycles. The van der Waals surface area contributed by atoms with Gasteiger partial charge in [-0.1, -0.05) is 43.3 Å². The molecule has 1 fully saturated rings. The molecule has 17 nitrogen and oxygen atoms in total. The van der Waals surface area contributed by atoms with Crippen molar-refractivity contribution in [1.82, 2.24) is 13.9 Å². The molecule has 5 aromatic carbocycles. The van der Waals surface area contributed by atoms with Crippen LogP contribution < -0.4 is 19.1 Å². The first-order chi connectivity index (χ1) is 31.8. The van der Waals surface area contributed by atoms with Crippen LogP contribution in [-0.4, -0.2) is 93.8 Å². The summed E-state index contributed by atoms with van der Waals surface area (Å²) in [6.45, 7) is 4.25. The zero-order valence-electron chi connectivity index (χ0n) is 36.5. The van der Waals surface area contributed by atoms with E-state index in [9.17, 15) is 55.0 Å². The second-order valence-electron chi connectivity index (χ2n) is 15.1. The summed E-state index contributed by atoms with van der Waals surface area (Å²) in [5, 5.41) is 23.2. The van der Waals surface area contributed by atoms with Crippen molar-refractivity contribution < 1.29 is 54.1 Å². The molecule has 1 amide bonds. The fourth-order valence-corrected chi connectivity index (χ4v) is 10.4. The number of carbonyl (C=O) groups is 1. The van der Waals surface area contributed by atoms with Crippen LogP contribution in [0.4, 0.5) is 30.2 Å². The third-order valence-electron chi connectivity index (χ3n) is 11.0. The number of hydrogen-bond donors (Lipinski definition) is 1. The van der Waals surface area contributed by atoms with E-state index in [1.54, 1.807) is 43.3 Å². The summed E-state index contributed by atoms with van der Waals surface area (Å²) in [4.78, 5) is 37.8. The monoisotopic (exact) mass is 968 g/mol. The summed E-state index contributed by atoms with van der Waals surface area (Å²) in [6, 6.07) is 23.9. The summed E-state index contributed by atoms with van der Waals surface area (Å²) in [5.74, 6) is -0.348. The van der Waals surface area contributed by atoms with Crippen molar-refractivity contribution in [2.75, 3.05) is 50.8 Å². The van der Waals surface area contributed by atoms with Gasteiger partial charge >= 0.3 is 6.18 Å². The highest BCUT2D eigenvalue weighted by molar-refractivity contribution is 7.89. The predicted octanol–water partition coefficient (Wildman–Crippen LogP) is 7.90. The van der Waals surface area contributed by atoms with Crippen LogP contribution in [0, 0.1) is 20.2 Å². The van der Waals surface area contributed by atoms with E-state index in [0.717, 1.165) is 52.8 Å². The molecule has 0 unspecified atom stereocenters. The number of para-hydroxylation sites is 2. The number of non-ortho nitro benzene ring substituents is 1. The van der Waals surface area contributed by atoms with Crippen molar-refractivity contribution in [3.63, 3.8) is 0 Å². The largest absolute Gasteiger partial charge is 0.494 e. The van der Waals surface area contributed by atoms with E-state index in [0.29, 0.717) is 41.2 Å². The number of nitro benzene ring substituents is 2. The summed E-state index contributed by atoms with van der Waals surface area (Å²) >= 11 is 0. The van der Waals surface area contributed by atoms with Gasteiger partial charge in [-0.25, -0.2) is 21.6 Å². The summed E-state index contributed by atoms with van der Waals surface area (Å²) in [6.07, 6.45) is -4.47. The Kier molecular flexibility index (Phi) is 15.5. The van der Waals surface area contributed by atoms with Crippen LogP contribution in [0.1, 0.15) is 48.7 Å². The lowest BCUT2D eigenvalue weighted by Gasteiger charge is -2.43. The number of carbonyl (C=O) groups excluding carboxylic acids is 1. The van der Waals surface area contributed by atoms with Gasteiger partial charge in [0, 0.05) is 74.8 Å². The molecule has 0 saturated carbocycles. The average Bonchev–Trinajstić information content (AvgIpc) is 3.30. The summed E-state index contributed by atoms with van der Waals surface area (Å²) in [5.41, 5.74) is -0.623. The van der Waals surface area contributed by atoms with Gasteiger partial charge in [0.2, 0.25) is 20.0 Å². The minimum atomic E-state index is -4.86. The number of rotatable bonds is 19. The van der Waals surface area contributed by atoms with Gasteiger partial charge in [-0.2, -0.15) is 17.5 Å². The molecule has 1 aliphatic heterocycles. The lowest BCUT2D eigenvalue weighted by atomic mass is 9.98. The molecule has 22 heteroatoms. The maximum atomic E-state index is 14.6. The number of piperazine rings is 1. The van der Waals surface area contributed by atoms with Crippen LogP contribution in [0.25, 0.3) is 11.1 Å². The Balaban J connectivity index is 1.41. The van der Waals surface area contributed by atoms with Crippen molar-refractivity contribution in [3.8, 4) is 22.6 Å². The second kappa shape index (κ2) is 20.9. The standard InChI is InChI=1S/C45H47F3N6O11S2/c1-4-33-30-50(44(55)38-21-18-35(64-5-2)28-39(38)45(46,47)48)25-26-52(33)40-22-15-31(37-11-7-9-13-42(37)65-6-3)27-32(40)29-51(67(62,63)36-19-16-34(17-20-36)53(56)57)24-23-49-66(60,61)43-14-10-8-12-41(43)54(58)59/h7-22,27-28,33,49H,4-6,23-26,29-30H2,1-3H3/t33-/m1/s1. The van der Waals surface area contributed by atoms with Crippen molar-refractivity contribution >= 4 is 43.0 Å². The number of halogens is 3. The Hall–Kier alpha value is -6.62. The van der Waals surface area contributed by atoms with Gasteiger partial charge < -0.3 is 19.3 Å². The Morgan fingerprint density at radius 2 is 1.52 bits per heavy atom. The molecule has 1 atom stereocenters. The van der Waals surface area contributed by atoms with Crippen molar-refractivity contribution in [2.45, 2.75) is 55.7 Å². The number of hydrogen-bond acceptors (Lipinski definition) is 12. The minimum Gasteiger partial charge on any atom is -0.494 e. The number of sulfonamides is 2. The molecular weight excluding hydrogens is 922 g/mol. The fourth-order valence-electron chi connectivity index (χ4n) is 7.80. The molecule has 0 bridgehead atoms. The van der Waals surface area contributed by atoms with E-state index in [1.165, 1.54) is 23.1 Å². The zero-order valence-corrected chi connectivity index (χ0v) is 38.1. The molecule has 1 saturated heterocycles. The number of nitrogens with one attached hydrogen (secondary N) is 1. The first kappa shape index (κ1) is 49.8. The van der Waals surface area contributed by atoms with Crippen LogP contribution in [0.15, 0.2) is 119 Å². The van der Waals surface area contributed by atoms with E-state index >= 15 is 0 Å². The number of ether oxygens (including phenoxy) is 2. The smallest absolute Gasteiger partial charge is 0.417 e.